The number of nitrogens with zero attached hydrogens (tertiary/aromatic N) is 3. The Bertz CT molecular complexity index is 493. The van der Waals surface area contributed by atoms with Crippen LogP contribution in [0.25, 0.3) is 0 Å². The van der Waals surface area contributed by atoms with E-state index in [-0.39, 0.29) is 0 Å². The quantitative estimate of drug-likeness (QED) is 0.803. The van der Waals surface area contributed by atoms with Crippen molar-refractivity contribution in [3.05, 3.63) is 15.6 Å². The van der Waals surface area contributed by atoms with Crippen LogP contribution >= 0.6 is 11.3 Å². The molecule has 2 heterocycles. The molecule has 1 aromatic heterocycles. The van der Waals surface area contributed by atoms with Crippen LogP contribution in [0.15, 0.2) is 0 Å². The van der Waals surface area contributed by atoms with Crippen LogP contribution in [0.1, 0.15) is 34.8 Å². The lowest BCUT2D eigenvalue weighted by Crippen LogP contribution is -2.46. The van der Waals surface area contributed by atoms with E-state index in [1.54, 1.807) is 4.88 Å². The maximum absolute atomic E-state index is 5.98. The zero-order chi connectivity index (χ0) is 14.9. The highest BCUT2D eigenvalue weighted by molar-refractivity contribution is 7.11. The largest absolute Gasteiger partial charge is 0.374 e. The van der Waals surface area contributed by atoms with Gasteiger partial charge in [-0.25, -0.2) is 4.98 Å². The third-order valence-corrected chi connectivity index (χ3v) is 6.16. The topological polar surface area (TPSA) is 28.6 Å². The van der Waals surface area contributed by atoms with E-state index in [1.165, 1.54) is 49.4 Å². The van der Waals surface area contributed by atoms with E-state index in [4.69, 9.17) is 9.72 Å². The van der Waals surface area contributed by atoms with Gasteiger partial charge in [0.15, 0.2) is 0 Å². The standard InChI is InChI=1S/C17H27N3OS/c1-19-7-8-21-14(10-19)11-20(9-13-5-6-13)12-17-18-15-3-2-4-16(15)22-17/h13-14H,2-12H2,1H3/t14-/m1/s1. The molecule has 1 aliphatic heterocycles. The molecule has 0 radical (unpaired) electrons. The molecule has 0 unspecified atom stereocenters. The second-order valence-corrected chi connectivity index (χ2v) is 8.39. The van der Waals surface area contributed by atoms with Crippen molar-refractivity contribution < 1.29 is 4.74 Å². The molecule has 3 aliphatic rings. The van der Waals surface area contributed by atoms with Crippen LogP contribution in [0, 0.1) is 5.92 Å². The molecule has 0 bridgehead atoms. The van der Waals surface area contributed by atoms with E-state index in [1.807, 2.05) is 11.3 Å². The predicted molar refractivity (Wildman–Crippen MR) is 89.4 cm³/mol. The van der Waals surface area contributed by atoms with Gasteiger partial charge in [-0.15, -0.1) is 11.3 Å². The molecule has 0 spiro atoms. The van der Waals surface area contributed by atoms with Gasteiger partial charge in [-0.3, -0.25) is 4.90 Å². The summed E-state index contributed by atoms with van der Waals surface area (Å²) in [6.07, 6.45) is 6.95. The molecule has 0 N–H and O–H groups in total. The lowest BCUT2D eigenvalue weighted by atomic mass is 10.2. The zero-order valence-corrected chi connectivity index (χ0v) is 14.4. The minimum Gasteiger partial charge on any atom is -0.374 e. The van der Waals surface area contributed by atoms with Gasteiger partial charge in [-0.05, 0) is 45.1 Å². The van der Waals surface area contributed by atoms with Crippen LogP contribution < -0.4 is 0 Å². The van der Waals surface area contributed by atoms with Crippen molar-refractivity contribution >= 4 is 11.3 Å². The molecule has 0 amide bonds. The SMILES string of the molecule is CN1CCO[C@@H](CN(Cc2nc3c(s2)CCC3)CC2CC2)C1. The van der Waals surface area contributed by atoms with E-state index in [2.05, 4.69) is 16.8 Å². The fraction of sp³-hybridized carbons (Fsp3) is 0.824. The Labute approximate surface area is 137 Å². The van der Waals surface area contributed by atoms with Gasteiger partial charge in [0.25, 0.3) is 0 Å². The summed E-state index contributed by atoms with van der Waals surface area (Å²) in [5, 5.41) is 1.33. The first kappa shape index (κ1) is 15.1. The monoisotopic (exact) mass is 321 g/mol. The Morgan fingerprint density at radius 2 is 2.23 bits per heavy atom. The second-order valence-electron chi connectivity index (χ2n) is 7.22. The third-order valence-electron chi connectivity index (χ3n) is 5.02. The second kappa shape index (κ2) is 6.56. The zero-order valence-electron chi connectivity index (χ0n) is 13.6. The summed E-state index contributed by atoms with van der Waals surface area (Å²) in [4.78, 5) is 11.4. The van der Waals surface area contributed by atoms with E-state index in [9.17, 15) is 0 Å². The summed E-state index contributed by atoms with van der Waals surface area (Å²) in [5.41, 5.74) is 1.39. The van der Waals surface area contributed by atoms with Gasteiger partial charge in [0.2, 0.25) is 0 Å². The Balaban J connectivity index is 1.38. The molecule has 1 saturated carbocycles. The number of likely N-dealkylation sites (N-methyl/N-ethyl adjacent to an activating group) is 1. The van der Waals surface area contributed by atoms with Crippen LogP contribution in [0.2, 0.25) is 0 Å². The normalized spacial score (nSPS) is 25.8. The van der Waals surface area contributed by atoms with E-state index < -0.39 is 0 Å². The molecule has 0 aromatic carbocycles. The first-order valence-electron chi connectivity index (χ1n) is 8.76. The lowest BCUT2D eigenvalue weighted by Gasteiger charge is -2.33. The van der Waals surface area contributed by atoms with E-state index in [0.29, 0.717) is 6.10 Å². The molecule has 4 rings (SSSR count). The number of aromatic nitrogens is 1. The van der Waals surface area contributed by atoms with Crippen LogP contribution in [0.5, 0.6) is 0 Å². The fourth-order valence-electron chi connectivity index (χ4n) is 3.64. The summed E-state index contributed by atoms with van der Waals surface area (Å²) in [6.45, 7) is 6.33. The summed E-state index contributed by atoms with van der Waals surface area (Å²) in [7, 11) is 2.20. The molecule has 4 nitrogen and oxygen atoms in total. The minimum atomic E-state index is 0.365. The maximum Gasteiger partial charge on any atom is 0.107 e. The van der Waals surface area contributed by atoms with Crippen molar-refractivity contribution in [3.63, 3.8) is 0 Å². The van der Waals surface area contributed by atoms with Crippen molar-refractivity contribution in [2.24, 2.45) is 5.92 Å². The molecule has 5 heteroatoms. The minimum absolute atomic E-state index is 0.365. The number of thiazole rings is 1. The van der Waals surface area contributed by atoms with E-state index >= 15 is 0 Å². The van der Waals surface area contributed by atoms with Crippen molar-refractivity contribution in [3.8, 4) is 0 Å². The molecule has 1 atom stereocenters. The number of hydrogen-bond acceptors (Lipinski definition) is 5. The Hall–Kier alpha value is -0.490. The molecule has 122 valence electrons. The van der Waals surface area contributed by atoms with Gasteiger partial charge < -0.3 is 9.64 Å². The summed E-state index contributed by atoms with van der Waals surface area (Å²) in [5.74, 6) is 0.924. The van der Waals surface area contributed by atoms with Crippen LogP contribution in [-0.2, 0) is 24.1 Å². The van der Waals surface area contributed by atoms with Crippen LogP contribution in [0.3, 0.4) is 0 Å². The smallest absolute Gasteiger partial charge is 0.107 e. The Kier molecular flexibility index (Phi) is 4.49. The summed E-state index contributed by atoms with van der Waals surface area (Å²) < 4.78 is 5.98. The van der Waals surface area contributed by atoms with Gasteiger partial charge >= 0.3 is 0 Å². The Morgan fingerprint density at radius 3 is 3.00 bits per heavy atom. The first-order valence-corrected chi connectivity index (χ1v) is 9.58. The highest BCUT2D eigenvalue weighted by atomic mass is 32.1. The maximum atomic E-state index is 5.98. The number of morpholine rings is 1. The van der Waals surface area contributed by atoms with Crippen molar-refractivity contribution in [2.45, 2.75) is 44.8 Å². The lowest BCUT2D eigenvalue weighted by molar-refractivity contribution is -0.0372. The molecule has 22 heavy (non-hydrogen) atoms. The van der Waals surface area contributed by atoms with Crippen molar-refractivity contribution in [1.29, 1.82) is 0 Å². The number of rotatable bonds is 6. The van der Waals surface area contributed by atoms with Crippen molar-refractivity contribution in [2.75, 3.05) is 39.8 Å². The highest BCUT2D eigenvalue weighted by Gasteiger charge is 2.28. The molecular formula is C17H27N3OS. The van der Waals surface area contributed by atoms with Crippen LogP contribution in [-0.4, -0.2) is 60.7 Å². The van der Waals surface area contributed by atoms with Gasteiger partial charge in [-0.2, -0.15) is 0 Å². The molecular weight excluding hydrogens is 294 g/mol. The van der Waals surface area contributed by atoms with Crippen molar-refractivity contribution in [1.82, 2.24) is 14.8 Å². The highest BCUT2D eigenvalue weighted by Crippen LogP contribution is 2.32. The van der Waals surface area contributed by atoms with E-state index in [0.717, 1.165) is 38.7 Å². The van der Waals surface area contributed by atoms with Crippen LogP contribution in [0.4, 0.5) is 0 Å². The fourth-order valence-corrected chi connectivity index (χ4v) is 4.84. The Morgan fingerprint density at radius 1 is 1.32 bits per heavy atom. The average molecular weight is 321 g/mol. The summed E-state index contributed by atoms with van der Waals surface area (Å²) >= 11 is 1.96. The first-order chi connectivity index (χ1) is 10.8. The average Bonchev–Trinajstić information content (AvgIpc) is 3.04. The molecule has 1 saturated heterocycles. The summed E-state index contributed by atoms with van der Waals surface area (Å²) in [6, 6.07) is 0. The molecule has 1 aromatic rings. The number of hydrogen-bond donors (Lipinski definition) is 0. The van der Waals surface area contributed by atoms with Gasteiger partial charge in [-0.1, -0.05) is 0 Å². The predicted octanol–water partition coefficient (Wildman–Crippen LogP) is 2.17. The number of fused-ring (bicyclic) bond motifs is 1. The molecule has 2 aliphatic carbocycles. The third kappa shape index (κ3) is 3.70. The van der Waals surface area contributed by atoms with Gasteiger partial charge in [0.05, 0.1) is 24.9 Å². The number of ether oxygens (including phenoxy) is 1. The number of aryl methyl sites for hydroxylation is 2. The van der Waals surface area contributed by atoms with Gasteiger partial charge in [0.1, 0.15) is 5.01 Å². The molecule has 2 fully saturated rings. The van der Waals surface area contributed by atoms with Gasteiger partial charge in [0, 0.05) is 31.1 Å².